The lowest BCUT2D eigenvalue weighted by atomic mass is 9.92. The first kappa shape index (κ1) is 16.1. The summed E-state index contributed by atoms with van der Waals surface area (Å²) in [6.07, 6.45) is 5.52. The Kier molecular flexibility index (Phi) is 9.74. The van der Waals surface area contributed by atoms with Crippen LogP contribution >= 0.6 is 0 Å². The first-order valence-electron chi connectivity index (χ1n) is 6.77. The lowest BCUT2D eigenvalue weighted by Gasteiger charge is -2.24. The Morgan fingerprint density at radius 2 is 1.94 bits per heavy atom. The first-order chi connectivity index (χ1) is 8.33. The van der Waals surface area contributed by atoms with E-state index in [2.05, 4.69) is 18.8 Å². The molecular formula is C15H27NO. The minimum absolute atomic E-state index is 0.149. The summed E-state index contributed by atoms with van der Waals surface area (Å²) >= 11 is 0. The van der Waals surface area contributed by atoms with Gasteiger partial charge in [0.05, 0.1) is 5.69 Å². The van der Waals surface area contributed by atoms with Crippen molar-refractivity contribution >= 4 is 0 Å². The number of pyridine rings is 1. The highest BCUT2D eigenvalue weighted by Gasteiger charge is 2.21. The molecule has 1 aromatic heterocycles. The van der Waals surface area contributed by atoms with E-state index in [9.17, 15) is 0 Å². The Morgan fingerprint density at radius 3 is 2.35 bits per heavy atom. The van der Waals surface area contributed by atoms with Gasteiger partial charge in [0.2, 0.25) is 0 Å². The maximum atomic E-state index is 5.58. The molecule has 0 radical (unpaired) electrons. The fourth-order valence-electron chi connectivity index (χ4n) is 2.04. The van der Waals surface area contributed by atoms with Crippen LogP contribution in [0.5, 0.6) is 0 Å². The van der Waals surface area contributed by atoms with E-state index in [4.69, 9.17) is 4.74 Å². The monoisotopic (exact) mass is 237 g/mol. The van der Waals surface area contributed by atoms with Crippen LogP contribution < -0.4 is 0 Å². The summed E-state index contributed by atoms with van der Waals surface area (Å²) in [5.74, 6) is 0.579. The Balaban J connectivity index is 0.00000121. The molecule has 0 fully saturated rings. The van der Waals surface area contributed by atoms with Crippen molar-refractivity contribution in [1.82, 2.24) is 4.98 Å². The molecule has 0 N–H and O–H groups in total. The maximum Gasteiger partial charge on any atom is 0.102 e. The Bertz CT molecular complexity index is 261. The second-order valence-electron chi connectivity index (χ2n) is 3.87. The summed E-state index contributed by atoms with van der Waals surface area (Å²) in [5.41, 5.74) is 1.06. The van der Waals surface area contributed by atoms with Crippen molar-refractivity contribution < 1.29 is 4.74 Å². The van der Waals surface area contributed by atoms with E-state index >= 15 is 0 Å². The molecule has 0 aliphatic carbocycles. The predicted molar refractivity (Wildman–Crippen MR) is 74.0 cm³/mol. The topological polar surface area (TPSA) is 22.1 Å². The zero-order valence-electron chi connectivity index (χ0n) is 11.9. The van der Waals surface area contributed by atoms with Crippen LogP contribution in [0.25, 0.3) is 0 Å². The van der Waals surface area contributed by atoms with Gasteiger partial charge in [-0.25, -0.2) is 0 Å². The normalized spacial score (nSPS) is 13.5. The van der Waals surface area contributed by atoms with Crippen molar-refractivity contribution in [1.29, 1.82) is 0 Å². The molecule has 2 nitrogen and oxygen atoms in total. The molecule has 2 atom stereocenters. The summed E-state index contributed by atoms with van der Waals surface area (Å²) in [6.45, 7) is 8.43. The maximum absolute atomic E-state index is 5.58. The second-order valence-corrected chi connectivity index (χ2v) is 3.87. The average Bonchev–Trinajstić information content (AvgIpc) is 2.42. The lowest BCUT2D eigenvalue weighted by molar-refractivity contribution is 0.0422. The van der Waals surface area contributed by atoms with Crippen LogP contribution in [-0.4, -0.2) is 12.1 Å². The van der Waals surface area contributed by atoms with Gasteiger partial charge in [-0.15, -0.1) is 0 Å². The van der Waals surface area contributed by atoms with Gasteiger partial charge in [-0.3, -0.25) is 4.98 Å². The molecule has 0 saturated heterocycles. The molecule has 0 spiro atoms. The summed E-state index contributed by atoms with van der Waals surface area (Å²) < 4.78 is 5.58. The Morgan fingerprint density at radius 1 is 1.24 bits per heavy atom. The molecule has 1 rings (SSSR count). The van der Waals surface area contributed by atoms with Crippen LogP contribution in [0.2, 0.25) is 0 Å². The van der Waals surface area contributed by atoms with Gasteiger partial charge >= 0.3 is 0 Å². The van der Waals surface area contributed by atoms with Gasteiger partial charge in [0.25, 0.3) is 0 Å². The standard InChI is InChI=1S/C13H21NO.C2H6/c1-4-8-11(5-2)13(15-3)12-9-6-7-10-14-12;1-2/h6-7,9-11,13H,4-5,8H2,1-3H3;1-2H3. The molecule has 0 aliphatic rings. The minimum atomic E-state index is 0.149. The van der Waals surface area contributed by atoms with Crippen molar-refractivity contribution in [3.05, 3.63) is 30.1 Å². The van der Waals surface area contributed by atoms with Gasteiger partial charge in [0, 0.05) is 13.3 Å². The lowest BCUT2D eigenvalue weighted by Crippen LogP contribution is -2.15. The highest BCUT2D eigenvalue weighted by Crippen LogP contribution is 2.29. The van der Waals surface area contributed by atoms with E-state index in [1.165, 1.54) is 12.8 Å². The summed E-state index contributed by atoms with van der Waals surface area (Å²) in [6, 6.07) is 6.01. The van der Waals surface area contributed by atoms with Crippen molar-refractivity contribution in [2.45, 2.75) is 53.1 Å². The van der Waals surface area contributed by atoms with Gasteiger partial charge in [0.15, 0.2) is 0 Å². The number of aromatic nitrogens is 1. The zero-order chi connectivity index (χ0) is 13.1. The minimum Gasteiger partial charge on any atom is -0.375 e. The molecule has 0 bridgehead atoms. The number of ether oxygens (including phenoxy) is 1. The summed E-state index contributed by atoms with van der Waals surface area (Å²) in [5, 5.41) is 0. The van der Waals surface area contributed by atoms with E-state index in [1.54, 1.807) is 7.11 Å². The largest absolute Gasteiger partial charge is 0.375 e. The van der Waals surface area contributed by atoms with E-state index in [0.717, 1.165) is 12.1 Å². The number of hydrogen-bond donors (Lipinski definition) is 0. The zero-order valence-corrected chi connectivity index (χ0v) is 11.9. The molecule has 2 unspecified atom stereocenters. The fraction of sp³-hybridized carbons (Fsp3) is 0.667. The van der Waals surface area contributed by atoms with Crippen LogP contribution in [0, 0.1) is 5.92 Å². The first-order valence-corrected chi connectivity index (χ1v) is 6.77. The highest BCUT2D eigenvalue weighted by molar-refractivity contribution is 5.08. The third-order valence-electron chi connectivity index (χ3n) is 2.85. The van der Waals surface area contributed by atoms with Crippen LogP contribution in [0.1, 0.15) is 58.8 Å². The van der Waals surface area contributed by atoms with Gasteiger partial charge < -0.3 is 4.74 Å². The molecule has 0 amide bonds. The number of hydrogen-bond acceptors (Lipinski definition) is 2. The van der Waals surface area contributed by atoms with E-state index in [1.807, 2.05) is 38.2 Å². The van der Waals surface area contributed by atoms with E-state index in [0.29, 0.717) is 5.92 Å². The smallest absolute Gasteiger partial charge is 0.102 e. The second kappa shape index (κ2) is 10.3. The van der Waals surface area contributed by atoms with E-state index < -0.39 is 0 Å². The molecule has 0 aromatic carbocycles. The predicted octanol–water partition coefficient (Wildman–Crippen LogP) is 4.62. The quantitative estimate of drug-likeness (QED) is 0.720. The summed E-state index contributed by atoms with van der Waals surface area (Å²) in [4.78, 5) is 4.38. The molecular weight excluding hydrogens is 210 g/mol. The van der Waals surface area contributed by atoms with Gasteiger partial charge in [-0.2, -0.15) is 0 Å². The molecule has 98 valence electrons. The Hall–Kier alpha value is -0.890. The van der Waals surface area contributed by atoms with Crippen molar-refractivity contribution in [2.24, 2.45) is 5.92 Å². The van der Waals surface area contributed by atoms with E-state index in [-0.39, 0.29) is 6.10 Å². The molecule has 1 aromatic rings. The van der Waals surface area contributed by atoms with Gasteiger partial charge in [-0.1, -0.05) is 46.6 Å². The van der Waals surface area contributed by atoms with Crippen LogP contribution in [0.4, 0.5) is 0 Å². The average molecular weight is 237 g/mol. The number of nitrogens with zero attached hydrogens (tertiary/aromatic N) is 1. The molecule has 0 saturated carbocycles. The van der Waals surface area contributed by atoms with Gasteiger partial charge in [-0.05, 0) is 24.5 Å². The van der Waals surface area contributed by atoms with Gasteiger partial charge in [0.1, 0.15) is 6.10 Å². The number of rotatable bonds is 6. The van der Waals surface area contributed by atoms with Crippen LogP contribution in [0.15, 0.2) is 24.4 Å². The fourth-order valence-corrected chi connectivity index (χ4v) is 2.04. The molecule has 17 heavy (non-hydrogen) atoms. The molecule has 2 heteroatoms. The third kappa shape index (κ3) is 5.31. The third-order valence-corrected chi connectivity index (χ3v) is 2.85. The molecule has 1 heterocycles. The highest BCUT2D eigenvalue weighted by atomic mass is 16.5. The Labute approximate surface area is 106 Å². The molecule has 0 aliphatic heterocycles. The summed E-state index contributed by atoms with van der Waals surface area (Å²) in [7, 11) is 1.78. The van der Waals surface area contributed by atoms with Crippen LogP contribution in [-0.2, 0) is 4.74 Å². The number of methoxy groups -OCH3 is 1. The van der Waals surface area contributed by atoms with Crippen LogP contribution in [0.3, 0.4) is 0 Å². The van der Waals surface area contributed by atoms with Crippen molar-refractivity contribution in [3.63, 3.8) is 0 Å². The van der Waals surface area contributed by atoms with Crippen molar-refractivity contribution in [2.75, 3.05) is 7.11 Å². The van der Waals surface area contributed by atoms with Crippen molar-refractivity contribution in [3.8, 4) is 0 Å². The SMILES string of the molecule is CC.CCCC(CC)C(OC)c1ccccn1.